The summed E-state index contributed by atoms with van der Waals surface area (Å²) in [5.41, 5.74) is 3.76. The van der Waals surface area contributed by atoms with Crippen molar-refractivity contribution in [3.63, 3.8) is 0 Å². The molecule has 0 radical (unpaired) electrons. The van der Waals surface area contributed by atoms with Gasteiger partial charge in [0.1, 0.15) is 5.82 Å². The monoisotopic (exact) mass is 455 g/mol. The molecule has 0 aliphatic carbocycles. The van der Waals surface area contributed by atoms with Crippen molar-refractivity contribution in [1.29, 1.82) is 5.26 Å². The normalized spacial score (nSPS) is 13.4. The average Bonchev–Trinajstić information content (AvgIpc) is 2.72. The summed E-state index contributed by atoms with van der Waals surface area (Å²) in [5.74, 6) is -0.617. The lowest BCUT2D eigenvalue weighted by molar-refractivity contribution is 0.506. The number of nitriles is 1. The summed E-state index contributed by atoms with van der Waals surface area (Å²) in [4.78, 5) is 4.65. The number of nitrogens with zero attached hydrogens (tertiary/aromatic N) is 2. The van der Waals surface area contributed by atoms with Gasteiger partial charge in [0.25, 0.3) is 0 Å². The minimum atomic E-state index is -1.56. The summed E-state index contributed by atoms with van der Waals surface area (Å²) in [7, 11) is -1.56. The summed E-state index contributed by atoms with van der Waals surface area (Å²) in [6, 6.07) is 17.7. The Labute approximate surface area is 189 Å². The van der Waals surface area contributed by atoms with E-state index < -0.39 is 21.5 Å². The van der Waals surface area contributed by atoms with Crippen LogP contribution in [-0.4, -0.2) is 13.9 Å². The van der Waals surface area contributed by atoms with E-state index in [4.69, 9.17) is 16.7 Å². The van der Waals surface area contributed by atoms with Crippen LogP contribution in [0.1, 0.15) is 43.0 Å². The van der Waals surface area contributed by atoms with Crippen molar-refractivity contribution in [2.24, 2.45) is 5.14 Å². The van der Waals surface area contributed by atoms with Gasteiger partial charge in [-0.15, -0.1) is 0 Å². The Morgan fingerprint density at radius 1 is 1.23 bits per heavy atom. The number of hydrogen-bond donors (Lipinski definition) is 1. The van der Waals surface area contributed by atoms with Gasteiger partial charge in [-0.1, -0.05) is 29.8 Å². The van der Waals surface area contributed by atoms with Crippen LogP contribution in [0.4, 0.5) is 4.39 Å². The van der Waals surface area contributed by atoms with Crippen molar-refractivity contribution >= 4 is 22.6 Å². The molecule has 160 valence electrons. The second-order valence-corrected chi connectivity index (χ2v) is 10.2. The van der Waals surface area contributed by atoms with E-state index in [2.05, 4.69) is 11.1 Å². The first kappa shape index (κ1) is 23.1. The molecule has 0 bridgehead atoms. The molecular weight excluding hydrogens is 433 g/mol. The summed E-state index contributed by atoms with van der Waals surface area (Å²) in [6.07, 6.45) is 2.61. The lowest BCUT2D eigenvalue weighted by Gasteiger charge is -2.28. The zero-order valence-corrected chi connectivity index (χ0v) is 18.9. The third-order valence-electron chi connectivity index (χ3n) is 5.21. The molecule has 2 aromatic carbocycles. The first-order valence-corrected chi connectivity index (χ1v) is 11.4. The molecule has 3 rings (SSSR count). The summed E-state index contributed by atoms with van der Waals surface area (Å²) >= 11 is 6.07. The standard InChI is InChI=1S/C24H23ClFN3OS/c1-24(2,31(28)30)14-19(10-17-11-20(25)13-21(26)12-17)23-22(7-4-8-29-23)18-6-3-5-16(9-18)15-27/h3-9,11-13,19H,10,14,28H2,1-2H3/t19-,31?/m0/s1. The Morgan fingerprint density at radius 3 is 2.68 bits per heavy atom. The van der Waals surface area contributed by atoms with Crippen LogP contribution >= 0.6 is 11.6 Å². The zero-order chi connectivity index (χ0) is 22.6. The Balaban J connectivity index is 2.11. The lowest BCUT2D eigenvalue weighted by atomic mass is 9.84. The number of aromatic nitrogens is 1. The van der Waals surface area contributed by atoms with Gasteiger partial charge in [-0.2, -0.15) is 5.26 Å². The summed E-state index contributed by atoms with van der Waals surface area (Å²) in [5, 5.41) is 15.4. The second kappa shape index (κ2) is 9.69. The Kier molecular flexibility index (Phi) is 7.22. The molecule has 0 amide bonds. The average molecular weight is 456 g/mol. The quantitative estimate of drug-likeness (QED) is 0.508. The van der Waals surface area contributed by atoms with Crippen molar-refractivity contribution in [2.75, 3.05) is 0 Å². The number of pyridine rings is 1. The number of benzene rings is 2. The van der Waals surface area contributed by atoms with Gasteiger partial charge in [-0.3, -0.25) is 10.1 Å². The first-order valence-electron chi connectivity index (χ1n) is 9.76. The Bertz CT molecular complexity index is 1140. The molecule has 1 unspecified atom stereocenters. The Hall–Kier alpha value is -2.59. The summed E-state index contributed by atoms with van der Waals surface area (Å²) < 4.78 is 25.5. The molecule has 0 aliphatic heterocycles. The maximum atomic E-state index is 14.0. The van der Waals surface area contributed by atoms with Crippen molar-refractivity contribution in [3.8, 4) is 17.2 Å². The highest BCUT2D eigenvalue weighted by atomic mass is 35.5. The second-order valence-electron chi connectivity index (χ2n) is 8.07. The van der Waals surface area contributed by atoms with E-state index in [-0.39, 0.29) is 5.92 Å². The summed E-state index contributed by atoms with van der Waals surface area (Å²) in [6.45, 7) is 3.68. The fourth-order valence-corrected chi connectivity index (χ4v) is 4.31. The van der Waals surface area contributed by atoms with E-state index in [0.29, 0.717) is 23.4 Å². The van der Waals surface area contributed by atoms with Crippen LogP contribution in [0.3, 0.4) is 0 Å². The van der Waals surface area contributed by atoms with Crippen LogP contribution < -0.4 is 5.14 Å². The minimum absolute atomic E-state index is 0.206. The lowest BCUT2D eigenvalue weighted by Crippen LogP contribution is -2.34. The number of rotatable bonds is 7. The van der Waals surface area contributed by atoms with Gasteiger partial charge < -0.3 is 0 Å². The van der Waals surface area contributed by atoms with Crippen LogP contribution in [0, 0.1) is 17.1 Å². The van der Waals surface area contributed by atoms with E-state index in [1.165, 1.54) is 12.1 Å². The highest BCUT2D eigenvalue weighted by molar-refractivity contribution is 7.84. The van der Waals surface area contributed by atoms with E-state index in [9.17, 15) is 13.9 Å². The minimum Gasteiger partial charge on any atom is -0.260 e. The molecule has 2 N–H and O–H groups in total. The van der Waals surface area contributed by atoms with Gasteiger partial charge >= 0.3 is 0 Å². The molecule has 31 heavy (non-hydrogen) atoms. The van der Waals surface area contributed by atoms with Crippen molar-refractivity contribution in [3.05, 3.63) is 88.5 Å². The van der Waals surface area contributed by atoms with E-state index in [0.717, 1.165) is 22.4 Å². The topological polar surface area (TPSA) is 79.8 Å². The third kappa shape index (κ3) is 5.76. The van der Waals surface area contributed by atoms with Crippen molar-refractivity contribution < 1.29 is 8.60 Å². The fourth-order valence-electron chi connectivity index (χ4n) is 3.70. The van der Waals surface area contributed by atoms with Gasteiger partial charge in [0.2, 0.25) is 0 Å². The smallest absolute Gasteiger partial charge is 0.124 e. The predicted octanol–water partition coefficient (Wildman–Crippen LogP) is 5.53. The van der Waals surface area contributed by atoms with Crippen LogP contribution in [0.15, 0.2) is 60.8 Å². The number of halogens is 2. The van der Waals surface area contributed by atoms with Gasteiger partial charge in [-0.05, 0) is 74.2 Å². The zero-order valence-electron chi connectivity index (χ0n) is 17.3. The molecule has 4 nitrogen and oxygen atoms in total. The molecular formula is C24H23ClFN3OS. The third-order valence-corrected chi connectivity index (χ3v) is 6.69. The molecule has 0 spiro atoms. The molecule has 0 fully saturated rings. The maximum absolute atomic E-state index is 14.0. The Morgan fingerprint density at radius 2 is 2.00 bits per heavy atom. The number of hydrogen-bond acceptors (Lipinski definition) is 3. The van der Waals surface area contributed by atoms with Gasteiger partial charge in [-0.25, -0.2) is 8.60 Å². The first-order chi connectivity index (χ1) is 14.7. The van der Waals surface area contributed by atoms with E-state index >= 15 is 0 Å². The highest BCUT2D eigenvalue weighted by Crippen LogP contribution is 2.36. The molecule has 7 heteroatoms. The van der Waals surface area contributed by atoms with Crippen molar-refractivity contribution in [2.45, 2.75) is 37.4 Å². The molecule has 1 aromatic heterocycles. The molecule has 0 aliphatic rings. The maximum Gasteiger partial charge on any atom is 0.124 e. The SMILES string of the molecule is CC(C)(C[C@H](Cc1cc(F)cc(Cl)c1)c1ncccc1-c1cccc(C#N)c1)S(N)=O. The fraction of sp³-hybridized carbons (Fsp3) is 0.250. The van der Waals surface area contributed by atoms with Gasteiger partial charge in [0.05, 0.1) is 33.1 Å². The largest absolute Gasteiger partial charge is 0.260 e. The van der Waals surface area contributed by atoms with Crippen LogP contribution in [0.2, 0.25) is 5.02 Å². The van der Waals surface area contributed by atoms with E-state index in [1.54, 1.807) is 18.3 Å². The number of nitrogens with two attached hydrogens (primary N) is 1. The van der Waals surface area contributed by atoms with Crippen LogP contribution in [0.5, 0.6) is 0 Å². The van der Waals surface area contributed by atoms with Crippen LogP contribution in [0.25, 0.3) is 11.1 Å². The molecule has 1 heterocycles. The molecule has 3 aromatic rings. The van der Waals surface area contributed by atoms with Gasteiger partial charge in [0, 0.05) is 22.7 Å². The van der Waals surface area contributed by atoms with Crippen LogP contribution in [-0.2, 0) is 17.4 Å². The molecule has 0 saturated heterocycles. The highest BCUT2D eigenvalue weighted by Gasteiger charge is 2.31. The molecule has 0 saturated carbocycles. The van der Waals surface area contributed by atoms with Crippen molar-refractivity contribution in [1.82, 2.24) is 4.98 Å². The molecule has 2 atom stereocenters. The van der Waals surface area contributed by atoms with E-state index in [1.807, 2.05) is 44.2 Å². The van der Waals surface area contributed by atoms with Gasteiger partial charge in [0.15, 0.2) is 0 Å². The predicted molar refractivity (Wildman–Crippen MR) is 123 cm³/mol.